The third kappa shape index (κ3) is 2.90. The maximum Gasteiger partial charge on any atom is 0.308 e. The van der Waals surface area contributed by atoms with E-state index in [0.717, 1.165) is 0 Å². The summed E-state index contributed by atoms with van der Waals surface area (Å²) in [5.41, 5.74) is 0. The van der Waals surface area contributed by atoms with Crippen LogP contribution in [0.5, 0.6) is 23.0 Å². The van der Waals surface area contributed by atoms with Crippen molar-refractivity contribution in [2.45, 2.75) is 13.8 Å². The van der Waals surface area contributed by atoms with Crippen molar-refractivity contribution >= 4 is 33.5 Å². The molecule has 0 heterocycles. The average molecular weight is 354 g/mol. The van der Waals surface area contributed by atoms with E-state index in [2.05, 4.69) is 0 Å². The van der Waals surface area contributed by atoms with E-state index in [1.54, 1.807) is 24.3 Å². The summed E-state index contributed by atoms with van der Waals surface area (Å²) in [4.78, 5) is 23.5. The molecule has 0 aliphatic heterocycles. The molecule has 26 heavy (non-hydrogen) atoms. The maximum absolute atomic E-state index is 11.7. The summed E-state index contributed by atoms with van der Waals surface area (Å²) < 4.78 is 22.0. The van der Waals surface area contributed by atoms with Crippen LogP contribution >= 0.6 is 0 Å². The van der Waals surface area contributed by atoms with Crippen molar-refractivity contribution in [1.29, 1.82) is 0 Å². The predicted octanol–water partition coefficient (Wildman–Crippen LogP) is 3.86. The first-order chi connectivity index (χ1) is 12.5. The number of rotatable bonds is 4. The molecule has 0 amide bonds. The van der Waals surface area contributed by atoms with E-state index >= 15 is 0 Å². The number of hydrogen-bond donors (Lipinski definition) is 0. The molecule has 0 atom stereocenters. The number of ether oxygens (including phenoxy) is 4. The molecule has 0 spiro atoms. The summed E-state index contributed by atoms with van der Waals surface area (Å²) in [7, 11) is 3.03. The van der Waals surface area contributed by atoms with E-state index in [1.807, 2.05) is 12.1 Å². The third-order valence-electron chi connectivity index (χ3n) is 3.93. The Balaban J connectivity index is 2.61. The highest BCUT2D eigenvalue weighted by Crippen LogP contribution is 2.50. The Morgan fingerprint density at radius 3 is 1.38 bits per heavy atom. The maximum atomic E-state index is 11.7. The van der Waals surface area contributed by atoms with Crippen LogP contribution in [0, 0.1) is 0 Å². The fraction of sp³-hybridized carbons (Fsp3) is 0.200. The Morgan fingerprint density at radius 1 is 0.692 bits per heavy atom. The number of methoxy groups -OCH3 is 2. The van der Waals surface area contributed by atoms with Crippen LogP contribution in [0.25, 0.3) is 21.5 Å². The Kier molecular flexibility index (Phi) is 4.67. The largest absolute Gasteiger partial charge is 0.496 e. The third-order valence-corrected chi connectivity index (χ3v) is 3.93. The lowest BCUT2D eigenvalue weighted by Crippen LogP contribution is -2.07. The zero-order valence-electron chi connectivity index (χ0n) is 14.9. The van der Waals surface area contributed by atoms with E-state index in [0.29, 0.717) is 44.5 Å². The van der Waals surface area contributed by atoms with Crippen molar-refractivity contribution < 1.29 is 28.5 Å². The molecule has 0 saturated heterocycles. The highest BCUT2D eigenvalue weighted by molar-refractivity contribution is 6.16. The minimum atomic E-state index is -0.471. The van der Waals surface area contributed by atoms with Gasteiger partial charge in [0.2, 0.25) is 0 Å². The first kappa shape index (κ1) is 17.5. The van der Waals surface area contributed by atoms with E-state index in [9.17, 15) is 9.59 Å². The molecule has 134 valence electrons. The van der Waals surface area contributed by atoms with E-state index in [4.69, 9.17) is 18.9 Å². The second kappa shape index (κ2) is 6.92. The molecule has 0 aliphatic carbocycles. The topological polar surface area (TPSA) is 71.1 Å². The van der Waals surface area contributed by atoms with Crippen LogP contribution in [0.4, 0.5) is 0 Å². The second-order valence-corrected chi connectivity index (χ2v) is 5.61. The summed E-state index contributed by atoms with van der Waals surface area (Å²) in [6.07, 6.45) is 0. The van der Waals surface area contributed by atoms with Crippen molar-refractivity contribution in [1.82, 2.24) is 0 Å². The van der Waals surface area contributed by atoms with Gasteiger partial charge in [-0.3, -0.25) is 9.59 Å². The van der Waals surface area contributed by atoms with Crippen LogP contribution in [0.2, 0.25) is 0 Å². The lowest BCUT2D eigenvalue weighted by atomic mass is 9.99. The summed E-state index contributed by atoms with van der Waals surface area (Å²) >= 11 is 0. The van der Waals surface area contributed by atoms with Crippen LogP contribution in [0.3, 0.4) is 0 Å². The Bertz CT molecular complexity index is 940. The molecule has 0 aromatic heterocycles. The number of carbonyl (C=O) groups excluding carboxylic acids is 2. The molecule has 6 nitrogen and oxygen atoms in total. The quantitative estimate of drug-likeness (QED) is 0.402. The lowest BCUT2D eigenvalue weighted by molar-refractivity contribution is -0.132. The highest BCUT2D eigenvalue weighted by Gasteiger charge is 2.24. The Morgan fingerprint density at radius 2 is 1.08 bits per heavy atom. The molecule has 6 heteroatoms. The first-order valence-electron chi connectivity index (χ1n) is 7.94. The molecular formula is C20H18O6. The number of carbonyl (C=O) groups is 2. The molecule has 0 bridgehead atoms. The van der Waals surface area contributed by atoms with Gasteiger partial charge in [-0.15, -0.1) is 0 Å². The van der Waals surface area contributed by atoms with Gasteiger partial charge in [-0.1, -0.05) is 24.3 Å². The molecule has 0 saturated carbocycles. The molecule has 0 aliphatic rings. The van der Waals surface area contributed by atoms with Crippen molar-refractivity contribution in [2.24, 2.45) is 0 Å². The Hall–Kier alpha value is -3.28. The monoisotopic (exact) mass is 354 g/mol. The molecule has 3 rings (SSSR count). The van der Waals surface area contributed by atoms with Crippen LogP contribution in [0.1, 0.15) is 13.8 Å². The van der Waals surface area contributed by atoms with Gasteiger partial charge in [-0.2, -0.15) is 0 Å². The van der Waals surface area contributed by atoms with Gasteiger partial charge in [0.25, 0.3) is 0 Å². The summed E-state index contributed by atoms with van der Waals surface area (Å²) in [5.74, 6) is 0.653. The van der Waals surface area contributed by atoms with Gasteiger partial charge in [0.05, 0.1) is 25.0 Å². The molecule has 3 aromatic rings. The van der Waals surface area contributed by atoms with Gasteiger partial charge < -0.3 is 18.9 Å². The zero-order valence-corrected chi connectivity index (χ0v) is 14.9. The van der Waals surface area contributed by atoms with Gasteiger partial charge in [0.1, 0.15) is 11.5 Å². The van der Waals surface area contributed by atoms with Crippen LogP contribution in [0.15, 0.2) is 36.4 Å². The number of esters is 2. The summed E-state index contributed by atoms with van der Waals surface area (Å²) in [6.45, 7) is 2.65. The van der Waals surface area contributed by atoms with Crippen molar-refractivity contribution in [3.05, 3.63) is 36.4 Å². The predicted molar refractivity (Wildman–Crippen MR) is 97.2 cm³/mol. The van der Waals surface area contributed by atoms with Crippen LogP contribution < -0.4 is 18.9 Å². The SMILES string of the molecule is COc1ccc(OC)c2c(OC(C)=O)c3ccccc3c(OC(C)=O)c12. The van der Waals surface area contributed by atoms with Gasteiger partial charge in [0.15, 0.2) is 11.5 Å². The Labute approximate surface area is 150 Å². The molecule has 0 radical (unpaired) electrons. The zero-order chi connectivity index (χ0) is 18.8. The highest BCUT2D eigenvalue weighted by atomic mass is 16.5. The first-order valence-corrected chi connectivity index (χ1v) is 7.94. The number of hydrogen-bond acceptors (Lipinski definition) is 6. The molecule has 0 unspecified atom stereocenters. The van der Waals surface area contributed by atoms with E-state index in [-0.39, 0.29) is 0 Å². The fourth-order valence-electron chi connectivity index (χ4n) is 3.00. The van der Waals surface area contributed by atoms with Gasteiger partial charge in [0, 0.05) is 24.6 Å². The van der Waals surface area contributed by atoms with E-state index < -0.39 is 11.9 Å². The van der Waals surface area contributed by atoms with Gasteiger partial charge in [-0.05, 0) is 12.1 Å². The summed E-state index contributed by atoms with van der Waals surface area (Å²) in [5, 5.41) is 2.24. The summed E-state index contributed by atoms with van der Waals surface area (Å²) in [6, 6.07) is 10.6. The molecule has 0 N–H and O–H groups in total. The van der Waals surface area contributed by atoms with Crippen molar-refractivity contribution in [2.75, 3.05) is 14.2 Å². The second-order valence-electron chi connectivity index (χ2n) is 5.61. The van der Waals surface area contributed by atoms with Gasteiger partial charge in [-0.25, -0.2) is 0 Å². The normalized spacial score (nSPS) is 10.6. The molecule has 3 aromatic carbocycles. The molecule has 0 fully saturated rings. The average Bonchev–Trinajstić information content (AvgIpc) is 2.62. The van der Waals surface area contributed by atoms with E-state index in [1.165, 1.54) is 28.1 Å². The van der Waals surface area contributed by atoms with Crippen molar-refractivity contribution in [3.8, 4) is 23.0 Å². The number of benzene rings is 3. The van der Waals surface area contributed by atoms with Crippen LogP contribution in [-0.4, -0.2) is 26.2 Å². The fourth-order valence-corrected chi connectivity index (χ4v) is 3.00. The standard InChI is InChI=1S/C20H18O6/c1-11(21)25-19-13-7-5-6-8-14(13)20(26-12(2)22)18-16(24-4)10-9-15(23-3)17(18)19/h5-10H,1-4H3. The minimum Gasteiger partial charge on any atom is -0.496 e. The van der Waals surface area contributed by atoms with Gasteiger partial charge >= 0.3 is 11.9 Å². The van der Waals surface area contributed by atoms with Crippen LogP contribution in [-0.2, 0) is 9.59 Å². The smallest absolute Gasteiger partial charge is 0.308 e. The lowest BCUT2D eigenvalue weighted by Gasteiger charge is -2.19. The number of fused-ring (bicyclic) bond motifs is 2. The minimum absolute atomic E-state index is 0.328. The van der Waals surface area contributed by atoms with Crippen molar-refractivity contribution in [3.63, 3.8) is 0 Å². The molecular weight excluding hydrogens is 336 g/mol.